The number of halogens is 1. The van der Waals surface area contributed by atoms with Gasteiger partial charge >= 0.3 is 5.97 Å². The summed E-state index contributed by atoms with van der Waals surface area (Å²) in [6, 6.07) is 9.93. The summed E-state index contributed by atoms with van der Waals surface area (Å²) in [6.45, 7) is 5.33. The minimum absolute atomic E-state index is 0.117. The third kappa shape index (κ3) is 5.67. The third-order valence-electron chi connectivity index (χ3n) is 3.89. The monoisotopic (exact) mass is 371 g/mol. The fourth-order valence-corrected chi connectivity index (χ4v) is 2.41. The van der Waals surface area contributed by atoms with Gasteiger partial charge in [-0.25, -0.2) is 9.18 Å². The van der Waals surface area contributed by atoms with Gasteiger partial charge in [-0.1, -0.05) is 23.8 Å². The van der Waals surface area contributed by atoms with E-state index in [0.717, 1.165) is 17.2 Å². The lowest BCUT2D eigenvalue weighted by Crippen LogP contribution is -2.29. The van der Waals surface area contributed by atoms with Crippen molar-refractivity contribution in [2.75, 3.05) is 12.4 Å². The van der Waals surface area contributed by atoms with Gasteiger partial charge in [0.25, 0.3) is 5.91 Å². The second-order valence-electron chi connectivity index (χ2n) is 6.11. The standard InChI is InChI=1S/C21H22FNO4/c1-13-5-8-18(14(2)11-13)23-21(25)15(3)27-20(24)10-7-16-6-9-19(26-4)17(22)12-16/h5-12,15H,1-4H3,(H,23,25)/b10-7+/t15-/m1/s1. The van der Waals surface area contributed by atoms with Crippen LogP contribution >= 0.6 is 0 Å². The summed E-state index contributed by atoms with van der Waals surface area (Å²) in [4.78, 5) is 24.1. The first-order chi connectivity index (χ1) is 12.8. The number of hydrogen-bond donors (Lipinski definition) is 1. The van der Waals surface area contributed by atoms with Gasteiger partial charge in [0, 0.05) is 11.8 Å². The van der Waals surface area contributed by atoms with E-state index in [1.165, 1.54) is 32.2 Å². The molecule has 1 N–H and O–H groups in total. The number of hydrogen-bond acceptors (Lipinski definition) is 4. The van der Waals surface area contributed by atoms with Crippen LogP contribution in [0.3, 0.4) is 0 Å². The number of amides is 1. The van der Waals surface area contributed by atoms with E-state index in [2.05, 4.69) is 5.32 Å². The summed E-state index contributed by atoms with van der Waals surface area (Å²) < 4.78 is 23.5. The van der Waals surface area contributed by atoms with Gasteiger partial charge in [0.05, 0.1) is 7.11 Å². The Morgan fingerprint density at radius 2 is 1.89 bits per heavy atom. The topological polar surface area (TPSA) is 64.6 Å². The summed E-state index contributed by atoms with van der Waals surface area (Å²) >= 11 is 0. The number of rotatable bonds is 6. The molecule has 0 saturated carbocycles. The average molecular weight is 371 g/mol. The van der Waals surface area contributed by atoms with Crippen molar-refractivity contribution in [3.8, 4) is 5.75 Å². The lowest BCUT2D eigenvalue weighted by Gasteiger charge is -2.14. The van der Waals surface area contributed by atoms with Gasteiger partial charge in [-0.05, 0) is 56.2 Å². The highest BCUT2D eigenvalue weighted by molar-refractivity contribution is 5.97. The predicted octanol–water partition coefficient (Wildman–Crippen LogP) is 4.03. The molecule has 142 valence electrons. The molecule has 0 spiro atoms. The molecule has 1 amide bonds. The van der Waals surface area contributed by atoms with Crippen LogP contribution in [0.25, 0.3) is 6.08 Å². The highest BCUT2D eigenvalue weighted by Crippen LogP contribution is 2.19. The maximum Gasteiger partial charge on any atom is 0.331 e. The summed E-state index contributed by atoms with van der Waals surface area (Å²) in [5.74, 6) is -1.55. The molecule has 0 fully saturated rings. The van der Waals surface area contributed by atoms with E-state index in [4.69, 9.17) is 9.47 Å². The van der Waals surface area contributed by atoms with Crippen LogP contribution in [-0.2, 0) is 14.3 Å². The molecule has 2 rings (SSSR count). The second-order valence-corrected chi connectivity index (χ2v) is 6.11. The number of carbonyl (C=O) groups is 2. The number of benzene rings is 2. The minimum Gasteiger partial charge on any atom is -0.494 e. The molecule has 0 aliphatic rings. The number of nitrogens with one attached hydrogen (secondary N) is 1. The van der Waals surface area contributed by atoms with Crippen molar-refractivity contribution >= 4 is 23.6 Å². The molecule has 2 aromatic carbocycles. The zero-order valence-electron chi connectivity index (χ0n) is 15.7. The Labute approximate surface area is 157 Å². The molecule has 6 heteroatoms. The lowest BCUT2D eigenvalue weighted by molar-refractivity contribution is -0.148. The zero-order chi connectivity index (χ0) is 20.0. The largest absolute Gasteiger partial charge is 0.494 e. The van der Waals surface area contributed by atoms with Crippen molar-refractivity contribution in [2.24, 2.45) is 0 Å². The van der Waals surface area contributed by atoms with Gasteiger partial charge in [0.2, 0.25) is 0 Å². The van der Waals surface area contributed by atoms with Crippen LogP contribution < -0.4 is 10.1 Å². The Bertz CT molecular complexity index is 876. The molecule has 0 heterocycles. The van der Waals surface area contributed by atoms with Crippen molar-refractivity contribution in [1.82, 2.24) is 0 Å². The van der Waals surface area contributed by atoms with Crippen LogP contribution in [0.15, 0.2) is 42.5 Å². The van der Waals surface area contributed by atoms with E-state index in [0.29, 0.717) is 11.3 Å². The SMILES string of the molecule is COc1ccc(/C=C/C(=O)O[C@H](C)C(=O)Nc2ccc(C)cc2C)cc1F. The first-order valence-corrected chi connectivity index (χ1v) is 8.40. The van der Waals surface area contributed by atoms with Crippen molar-refractivity contribution < 1.29 is 23.5 Å². The molecule has 0 unspecified atom stereocenters. The van der Waals surface area contributed by atoms with Gasteiger partial charge in [0.15, 0.2) is 17.7 Å². The molecular formula is C21H22FNO4. The van der Waals surface area contributed by atoms with E-state index >= 15 is 0 Å². The van der Waals surface area contributed by atoms with Gasteiger partial charge in [-0.2, -0.15) is 0 Å². The van der Waals surface area contributed by atoms with E-state index < -0.39 is 23.8 Å². The second kappa shape index (κ2) is 8.98. The maximum atomic E-state index is 13.6. The summed E-state index contributed by atoms with van der Waals surface area (Å²) in [5.41, 5.74) is 3.14. The van der Waals surface area contributed by atoms with Crippen LogP contribution in [0, 0.1) is 19.7 Å². The number of aryl methyl sites for hydroxylation is 2. The molecule has 0 saturated heterocycles. The van der Waals surface area contributed by atoms with Crippen molar-refractivity contribution in [3.63, 3.8) is 0 Å². The Morgan fingerprint density at radius 3 is 2.52 bits per heavy atom. The molecule has 0 aliphatic carbocycles. The Balaban J connectivity index is 1.94. The van der Waals surface area contributed by atoms with E-state index in [1.54, 1.807) is 12.1 Å². The van der Waals surface area contributed by atoms with Crippen LogP contribution in [0.5, 0.6) is 5.75 Å². The van der Waals surface area contributed by atoms with Crippen molar-refractivity contribution in [2.45, 2.75) is 26.9 Å². The van der Waals surface area contributed by atoms with Crippen LogP contribution in [0.1, 0.15) is 23.6 Å². The van der Waals surface area contributed by atoms with Crippen LogP contribution in [-0.4, -0.2) is 25.1 Å². The molecule has 1 atom stereocenters. The molecule has 27 heavy (non-hydrogen) atoms. The number of carbonyl (C=O) groups excluding carboxylic acids is 2. The highest BCUT2D eigenvalue weighted by Gasteiger charge is 2.17. The van der Waals surface area contributed by atoms with Gasteiger partial charge in [-0.15, -0.1) is 0 Å². The van der Waals surface area contributed by atoms with Gasteiger partial charge in [-0.3, -0.25) is 4.79 Å². The van der Waals surface area contributed by atoms with Gasteiger partial charge < -0.3 is 14.8 Å². The Morgan fingerprint density at radius 1 is 1.15 bits per heavy atom. The fourth-order valence-electron chi connectivity index (χ4n) is 2.41. The first-order valence-electron chi connectivity index (χ1n) is 8.40. The van der Waals surface area contributed by atoms with Crippen LogP contribution in [0.2, 0.25) is 0 Å². The average Bonchev–Trinajstić information content (AvgIpc) is 2.62. The summed E-state index contributed by atoms with van der Waals surface area (Å²) in [5, 5.41) is 2.73. The van der Waals surface area contributed by atoms with E-state index in [9.17, 15) is 14.0 Å². The quantitative estimate of drug-likeness (QED) is 0.615. The smallest absolute Gasteiger partial charge is 0.331 e. The maximum absolute atomic E-state index is 13.6. The third-order valence-corrected chi connectivity index (χ3v) is 3.89. The lowest BCUT2D eigenvalue weighted by atomic mass is 10.1. The highest BCUT2D eigenvalue weighted by atomic mass is 19.1. The molecular weight excluding hydrogens is 349 g/mol. The van der Waals surface area contributed by atoms with E-state index in [1.807, 2.05) is 26.0 Å². The minimum atomic E-state index is -0.976. The molecule has 0 aromatic heterocycles. The fraction of sp³-hybridized carbons (Fsp3) is 0.238. The van der Waals surface area contributed by atoms with Gasteiger partial charge in [0.1, 0.15) is 0 Å². The molecule has 0 radical (unpaired) electrons. The molecule has 5 nitrogen and oxygen atoms in total. The first kappa shape index (κ1) is 20.2. The number of anilines is 1. The Kier molecular flexibility index (Phi) is 6.71. The normalized spacial score (nSPS) is 11.9. The number of esters is 1. The predicted molar refractivity (Wildman–Crippen MR) is 102 cm³/mol. The van der Waals surface area contributed by atoms with Crippen molar-refractivity contribution in [3.05, 3.63) is 65.0 Å². The molecule has 2 aromatic rings. The Hall–Kier alpha value is -3.15. The molecule has 0 aliphatic heterocycles. The van der Waals surface area contributed by atoms with Crippen molar-refractivity contribution in [1.29, 1.82) is 0 Å². The number of methoxy groups -OCH3 is 1. The van der Waals surface area contributed by atoms with Crippen LogP contribution in [0.4, 0.5) is 10.1 Å². The molecule has 0 bridgehead atoms. The number of ether oxygens (including phenoxy) is 2. The summed E-state index contributed by atoms with van der Waals surface area (Å²) in [6.07, 6.45) is 1.57. The zero-order valence-corrected chi connectivity index (χ0v) is 15.7. The van der Waals surface area contributed by atoms with E-state index in [-0.39, 0.29) is 5.75 Å². The summed E-state index contributed by atoms with van der Waals surface area (Å²) in [7, 11) is 1.37.